The zero-order chi connectivity index (χ0) is 13.7. The fourth-order valence-electron chi connectivity index (χ4n) is 2.95. The summed E-state index contributed by atoms with van der Waals surface area (Å²) in [4.78, 5) is 23.3. The van der Waals surface area contributed by atoms with Gasteiger partial charge < -0.3 is 15.2 Å². The molecule has 2 N–H and O–H groups in total. The fraction of sp³-hybridized carbons (Fsp3) is 0.846. The zero-order valence-corrected chi connectivity index (χ0v) is 11.3. The first-order valence-electron chi connectivity index (χ1n) is 6.36. The highest BCUT2D eigenvalue weighted by atomic mass is 16.5. The van der Waals surface area contributed by atoms with Crippen molar-refractivity contribution in [2.75, 3.05) is 6.61 Å². The number of aliphatic carboxylic acids is 1. The third kappa shape index (κ3) is 1.90. The van der Waals surface area contributed by atoms with E-state index in [2.05, 4.69) is 5.32 Å². The molecule has 102 valence electrons. The summed E-state index contributed by atoms with van der Waals surface area (Å²) in [5.74, 6) is -2.05. The Morgan fingerprint density at radius 3 is 2.28 bits per heavy atom. The molecule has 4 atom stereocenters. The van der Waals surface area contributed by atoms with E-state index in [1.165, 1.54) is 0 Å². The van der Waals surface area contributed by atoms with Gasteiger partial charge in [-0.05, 0) is 25.7 Å². The van der Waals surface area contributed by atoms with Gasteiger partial charge in [-0.25, -0.2) is 0 Å². The SMILES string of the molecule is CC1OCCC1(C)NC(=O)C1C(C(=O)O)C1(C)C. The molecule has 2 fully saturated rings. The molecule has 1 saturated heterocycles. The maximum Gasteiger partial charge on any atom is 0.307 e. The summed E-state index contributed by atoms with van der Waals surface area (Å²) < 4.78 is 5.46. The summed E-state index contributed by atoms with van der Waals surface area (Å²) in [7, 11) is 0. The van der Waals surface area contributed by atoms with Crippen molar-refractivity contribution in [3.8, 4) is 0 Å². The highest BCUT2D eigenvalue weighted by molar-refractivity contribution is 5.92. The van der Waals surface area contributed by atoms with Gasteiger partial charge in [0.15, 0.2) is 0 Å². The Labute approximate surface area is 107 Å². The lowest BCUT2D eigenvalue weighted by molar-refractivity contribution is -0.140. The lowest BCUT2D eigenvalue weighted by atomic mass is 9.94. The first-order chi connectivity index (χ1) is 8.20. The van der Waals surface area contributed by atoms with Crippen molar-refractivity contribution in [2.45, 2.75) is 45.8 Å². The quantitative estimate of drug-likeness (QED) is 0.789. The second kappa shape index (κ2) is 3.95. The van der Waals surface area contributed by atoms with Gasteiger partial charge in [-0.1, -0.05) is 13.8 Å². The van der Waals surface area contributed by atoms with Crippen LogP contribution < -0.4 is 5.32 Å². The lowest BCUT2D eigenvalue weighted by Crippen LogP contribution is -2.51. The number of hydrogen-bond donors (Lipinski definition) is 2. The average molecular weight is 255 g/mol. The molecule has 4 unspecified atom stereocenters. The highest BCUT2D eigenvalue weighted by Crippen LogP contribution is 2.58. The van der Waals surface area contributed by atoms with Gasteiger partial charge in [-0.3, -0.25) is 9.59 Å². The minimum Gasteiger partial charge on any atom is -0.481 e. The fourth-order valence-corrected chi connectivity index (χ4v) is 2.95. The normalized spacial score (nSPS) is 41.4. The van der Waals surface area contributed by atoms with Gasteiger partial charge in [-0.2, -0.15) is 0 Å². The Morgan fingerprint density at radius 2 is 1.89 bits per heavy atom. The van der Waals surface area contributed by atoms with E-state index >= 15 is 0 Å². The Hall–Kier alpha value is -1.10. The monoisotopic (exact) mass is 255 g/mol. The van der Waals surface area contributed by atoms with Gasteiger partial charge >= 0.3 is 5.97 Å². The number of amides is 1. The van der Waals surface area contributed by atoms with E-state index in [9.17, 15) is 9.59 Å². The molecule has 1 amide bonds. The number of nitrogens with one attached hydrogen (secondary N) is 1. The molecule has 0 spiro atoms. The van der Waals surface area contributed by atoms with Crippen LogP contribution in [0.1, 0.15) is 34.1 Å². The van der Waals surface area contributed by atoms with Gasteiger partial charge in [0.2, 0.25) is 5.91 Å². The van der Waals surface area contributed by atoms with Crippen LogP contribution >= 0.6 is 0 Å². The van der Waals surface area contributed by atoms with Crippen LogP contribution in [0.3, 0.4) is 0 Å². The number of rotatable bonds is 3. The summed E-state index contributed by atoms with van der Waals surface area (Å²) >= 11 is 0. The molecule has 2 rings (SSSR count). The van der Waals surface area contributed by atoms with Crippen LogP contribution in [0.15, 0.2) is 0 Å². The van der Waals surface area contributed by atoms with Gasteiger partial charge in [0.1, 0.15) is 0 Å². The lowest BCUT2D eigenvalue weighted by Gasteiger charge is -2.29. The van der Waals surface area contributed by atoms with E-state index in [0.29, 0.717) is 6.61 Å². The minimum absolute atomic E-state index is 0.0356. The molecule has 1 heterocycles. The van der Waals surface area contributed by atoms with Crippen LogP contribution in [0.4, 0.5) is 0 Å². The molecule has 1 aliphatic heterocycles. The molecule has 1 aliphatic carbocycles. The van der Waals surface area contributed by atoms with E-state index in [-0.39, 0.29) is 17.6 Å². The van der Waals surface area contributed by atoms with Crippen molar-refractivity contribution >= 4 is 11.9 Å². The molecule has 0 bridgehead atoms. The number of hydrogen-bond acceptors (Lipinski definition) is 3. The van der Waals surface area contributed by atoms with E-state index in [1.54, 1.807) is 0 Å². The van der Waals surface area contributed by atoms with Crippen LogP contribution in [0.2, 0.25) is 0 Å². The number of ether oxygens (including phenoxy) is 1. The predicted molar refractivity (Wildman–Crippen MR) is 65.0 cm³/mol. The van der Waals surface area contributed by atoms with Crippen molar-refractivity contribution in [3.05, 3.63) is 0 Å². The number of carboxylic acids is 1. The van der Waals surface area contributed by atoms with Crippen molar-refractivity contribution in [1.29, 1.82) is 0 Å². The topological polar surface area (TPSA) is 75.6 Å². The summed E-state index contributed by atoms with van der Waals surface area (Å²) in [6.07, 6.45) is 0.733. The van der Waals surface area contributed by atoms with Crippen LogP contribution in [-0.2, 0) is 14.3 Å². The van der Waals surface area contributed by atoms with Crippen molar-refractivity contribution in [3.63, 3.8) is 0 Å². The smallest absolute Gasteiger partial charge is 0.307 e. The maximum atomic E-state index is 12.2. The molecule has 0 radical (unpaired) electrons. The van der Waals surface area contributed by atoms with Gasteiger partial charge in [-0.15, -0.1) is 0 Å². The Kier molecular flexibility index (Phi) is 2.93. The first-order valence-corrected chi connectivity index (χ1v) is 6.36. The van der Waals surface area contributed by atoms with Crippen LogP contribution in [0.5, 0.6) is 0 Å². The number of carbonyl (C=O) groups excluding carboxylic acids is 1. The molecular weight excluding hydrogens is 234 g/mol. The number of carboxylic acid groups (broad SMARTS) is 1. The van der Waals surface area contributed by atoms with E-state index in [1.807, 2.05) is 27.7 Å². The molecular formula is C13H21NO4. The van der Waals surface area contributed by atoms with Gasteiger partial charge in [0, 0.05) is 6.61 Å². The Balaban J connectivity index is 2.04. The molecule has 2 aliphatic rings. The minimum atomic E-state index is -0.888. The summed E-state index contributed by atoms with van der Waals surface area (Å²) in [6, 6.07) is 0. The van der Waals surface area contributed by atoms with E-state index in [4.69, 9.17) is 9.84 Å². The molecule has 0 aromatic carbocycles. The Bertz CT molecular complexity index is 392. The van der Waals surface area contributed by atoms with Gasteiger partial charge in [0.25, 0.3) is 0 Å². The summed E-state index contributed by atoms with van der Waals surface area (Å²) in [5, 5.41) is 12.1. The molecule has 5 nitrogen and oxygen atoms in total. The zero-order valence-electron chi connectivity index (χ0n) is 11.3. The van der Waals surface area contributed by atoms with Crippen LogP contribution in [-0.4, -0.2) is 35.2 Å². The highest BCUT2D eigenvalue weighted by Gasteiger charge is 2.66. The van der Waals surface area contributed by atoms with E-state index < -0.39 is 23.2 Å². The average Bonchev–Trinajstić information content (AvgIpc) is 2.67. The first kappa shape index (κ1) is 13.3. The van der Waals surface area contributed by atoms with Crippen LogP contribution in [0.25, 0.3) is 0 Å². The number of carbonyl (C=O) groups is 2. The standard InChI is InChI=1S/C13H21NO4/c1-7-13(4,5-6-18-7)14-10(15)8-9(11(16)17)12(8,2)3/h7-9H,5-6H2,1-4H3,(H,14,15)(H,16,17). The third-order valence-corrected chi connectivity index (χ3v) is 4.67. The van der Waals surface area contributed by atoms with Gasteiger partial charge in [0.05, 0.1) is 23.5 Å². The second-order valence-electron chi connectivity index (χ2n) is 6.28. The summed E-state index contributed by atoms with van der Waals surface area (Å²) in [5.41, 5.74) is -0.826. The maximum absolute atomic E-state index is 12.2. The predicted octanol–water partition coefficient (Wildman–Crippen LogP) is 1.03. The molecule has 0 aromatic rings. The molecule has 18 heavy (non-hydrogen) atoms. The Morgan fingerprint density at radius 1 is 1.28 bits per heavy atom. The molecule has 0 aromatic heterocycles. The summed E-state index contributed by atoms with van der Waals surface area (Å²) in [6.45, 7) is 8.17. The molecule has 1 saturated carbocycles. The van der Waals surface area contributed by atoms with Crippen molar-refractivity contribution in [2.24, 2.45) is 17.3 Å². The largest absolute Gasteiger partial charge is 0.481 e. The molecule has 5 heteroatoms. The van der Waals surface area contributed by atoms with Crippen molar-refractivity contribution in [1.82, 2.24) is 5.32 Å². The van der Waals surface area contributed by atoms with Crippen LogP contribution in [0, 0.1) is 17.3 Å². The van der Waals surface area contributed by atoms with E-state index in [0.717, 1.165) is 6.42 Å². The third-order valence-electron chi connectivity index (χ3n) is 4.67. The second-order valence-corrected chi connectivity index (χ2v) is 6.28. The van der Waals surface area contributed by atoms with Crippen molar-refractivity contribution < 1.29 is 19.4 Å².